The number of nitrogens with two attached hydrogens (primary N) is 3. The van der Waals surface area contributed by atoms with Gasteiger partial charge in [0.1, 0.15) is 23.9 Å². The van der Waals surface area contributed by atoms with E-state index in [0.717, 1.165) is 43.2 Å². The molecule has 0 saturated carbocycles. The van der Waals surface area contributed by atoms with Gasteiger partial charge in [0, 0.05) is 77.7 Å². The first-order valence-electron chi connectivity index (χ1n) is 17.9. The first kappa shape index (κ1) is 43.1. The zero-order chi connectivity index (χ0) is 38.8. The number of thioether (sulfide) groups is 2. The molecule has 282 valence electrons. The summed E-state index contributed by atoms with van der Waals surface area (Å²) in [7, 11) is 0. The van der Waals surface area contributed by atoms with Crippen LogP contribution in [0.2, 0.25) is 0 Å². The van der Waals surface area contributed by atoms with E-state index in [4.69, 9.17) is 21.9 Å². The number of ketones is 4. The van der Waals surface area contributed by atoms with Crippen LogP contribution in [0.15, 0.2) is 52.3 Å². The predicted octanol–water partition coefficient (Wildman–Crippen LogP) is 6.83. The molecule has 0 fully saturated rings. The smallest absolute Gasteiger partial charge is 0.167 e. The van der Waals surface area contributed by atoms with Crippen molar-refractivity contribution in [1.82, 2.24) is 0 Å². The number of benzene rings is 3. The third-order valence-electron chi connectivity index (χ3n) is 8.46. The van der Waals surface area contributed by atoms with E-state index in [1.807, 2.05) is 0 Å². The first-order chi connectivity index (χ1) is 24.4. The Morgan fingerprint density at radius 2 is 0.923 bits per heavy atom. The lowest BCUT2D eigenvalue weighted by Crippen LogP contribution is -2.17. The zero-order valence-electron chi connectivity index (χ0n) is 32.2. The van der Waals surface area contributed by atoms with Crippen molar-refractivity contribution in [2.75, 3.05) is 37.7 Å². The number of ether oxygens (including phenoxy) is 1. The van der Waals surface area contributed by atoms with Gasteiger partial charge in [0.2, 0.25) is 0 Å². The van der Waals surface area contributed by atoms with E-state index < -0.39 is 0 Å². The summed E-state index contributed by atoms with van der Waals surface area (Å²) in [5, 5.41) is 0. The second-order valence-corrected chi connectivity index (χ2v) is 17.6. The van der Waals surface area contributed by atoms with Crippen molar-refractivity contribution >= 4 is 46.7 Å². The molecule has 0 unspecified atom stereocenters. The molecule has 52 heavy (non-hydrogen) atoms. The Labute approximate surface area is 318 Å². The number of hydrogen-bond donors (Lipinski definition) is 3. The summed E-state index contributed by atoms with van der Waals surface area (Å²) in [6.45, 7) is 17.2. The van der Waals surface area contributed by atoms with Crippen LogP contribution in [0.3, 0.4) is 0 Å². The van der Waals surface area contributed by atoms with Gasteiger partial charge in [-0.15, -0.1) is 23.5 Å². The Bertz CT molecular complexity index is 1650. The summed E-state index contributed by atoms with van der Waals surface area (Å²) in [6, 6.07) is 13.2. The van der Waals surface area contributed by atoms with Crippen molar-refractivity contribution < 1.29 is 23.9 Å². The van der Waals surface area contributed by atoms with Gasteiger partial charge in [-0.3, -0.25) is 19.2 Å². The van der Waals surface area contributed by atoms with Crippen molar-refractivity contribution in [3.05, 3.63) is 87.0 Å². The highest BCUT2D eigenvalue weighted by molar-refractivity contribution is 7.99. The lowest BCUT2D eigenvalue weighted by molar-refractivity contribution is -0.117. The van der Waals surface area contributed by atoms with Crippen LogP contribution in [0, 0.1) is 0 Å². The normalized spacial score (nSPS) is 11.8. The average molecular weight is 748 g/mol. The average Bonchev–Trinajstić information content (AvgIpc) is 3.04. The summed E-state index contributed by atoms with van der Waals surface area (Å²) in [6.07, 6.45) is 0.652. The molecule has 0 aliphatic heterocycles. The Morgan fingerprint density at radius 3 is 1.23 bits per heavy atom. The third-order valence-corrected chi connectivity index (χ3v) is 11.0. The van der Waals surface area contributed by atoms with Gasteiger partial charge < -0.3 is 21.9 Å². The molecule has 0 saturated heterocycles. The number of Topliss-reactive ketones (excluding diaryl/α,β-unsaturated/α-hetero) is 4. The molecule has 3 aromatic carbocycles. The monoisotopic (exact) mass is 747 g/mol. The van der Waals surface area contributed by atoms with E-state index >= 15 is 0 Å². The van der Waals surface area contributed by atoms with Crippen LogP contribution in [-0.4, -0.2) is 60.9 Å². The van der Waals surface area contributed by atoms with Crippen molar-refractivity contribution in [2.24, 2.45) is 17.2 Å². The Kier molecular flexibility index (Phi) is 15.9. The molecule has 0 atom stereocenters. The molecule has 10 heteroatoms. The molecule has 0 aromatic heterocycles. The van der Waals surface area contributed by atoms with Crippen LogP contribution in [0.5, 0.6) is 5.75 Å². The fourth-order valence-corrected chi connectivity index (χ4v) is 7.77. The molecular weight excluding hydrogens is 691 g/mol. The Morgan fingerprint density at radius 1 is 0.558 bits per heavy atom. The van der Waals surface area contributed by atoms with Crippen molar-refractivity contribution in [3.63, 3.8) is 0 Å². The second-order valence-electron chi connectivity index (χ2n) is 15.4. The van der Waals surface area contributed by atoms with E-state index in [1.54, 1.807) is 55.6 Å². The van der Waals surface area contributed by atoms with Gasteiger partial charge in [-0.1, -0.05) is 65.8 Å². The van der Waals surface area contributed by atoms with Crippen molar-refractivity contribution in [2.45, 2.75) is 102 Å². The minimum atomic E-state index is -0.216. The van der Waals surface area contributed by atoms with E-state index in [0.29, 0.717) is 41.5 Å². The van der Waals surface area contributed by atoms with Crippen LogP contribution in [0.1, 0.15) is 109 Å². The molecule has 6 N–H and O–H groups in total. The molecule has 0 radical (unpaired) electrons. The number of hydrogen-bond acceptors (Lipinski definition) is 10. The number of carbonyl (C=O) groups excluding carboxylic acids is 4. The van der Waals surface area contributed by atoms with Crippen LogP contribution >= 0.6 is 23.5 Å². The standard InChI is InChI=1S/C42H57N3O5S2/c1-26(46)15-30-18-34(41(3,4)5)20-32(39(30)51-13-10-44)24-37(48)28-17-29(23-36(22-28)50-12-9-43)38(49)25-33-21-35(42(6,7)8)19-31(16-27(2)47)40(33)52-14-11-45/h17-23H,9-16,24-25,43-45H2,1-8H3. The molecule has 0 bridgehead atoms. The van der Waals surface area contributed by atoms with Crippen LogP contribution in [-0.2, 0) is 46.1 Å². The highest BCUT2D eigenvalue weighted by Crippen LogP contribution is 2.36. The highest BCUT2D eigenvalue weighted by atomic mass is 32.2. The van der Waals surface area contributed by atoms with Gasteiger partial charge in [0.15, 0.2) is 11.6 Å². The van der Waals surface area contributed by atoms with E-state index in [-0.39, 0.29) is 72.8 Å². The van der Waals surface area contributed by atoms with Gasteiger partial charge in [-0.2, -0.15) is 0 Å². The summed E-state index contributed by atoms with van der Waals surface area (Å²) in [5.41, 5.74) is 23.3. The minimum Gasteiger partial charge on any atom is -0.492 e. The van der Waals surface area contributed by atoms with Gasteiger partial charge in [-0.05, 0) is 76.3 Å². The molecule has 0 aliphatic rings. The molecule has 0 spiro atoms. The quantitative estimate of drug-likeness (QED) is 0.0878. The largest absolute Gasteiger partial charge is 0.492 e. The summed E-state index contributed by atoms with van der Waals surface area (Å²) in [4.78, 5) is 54.9. The molecular formula is C42H57N3O5S2. The van der Waals surface area contributed by atoms with Crippen LogP contribution in [0.4, 0.5) is 0 Å². The Balaban J connectivity index is 2.15. The van der Waals surface area contributed by atoms with Gasteiger partial charge in [0.25, 0.3) is 0 Å². The maximum atomic E-state index is 14.2. The van der Waals surface area contributed by atoms with Crippen LogP contribution in [0.25, 0.3) is 0 Å². The number of carbonyl (C=O) groups is 4. The fourth-order valence-electron chi connectivity index (χ4n) is 5.86. The summed E-state index contributed by atoms with van der Waals surface area (Å²) in [5.74, 6) is 1.37. The predicted molar refractivity (Wildman–Crippen MR) is 216 cm³/mol. The van der Waals surface area contributed by atoms with E-state index in [2.05, 4.69) is 65.8 Å². The SMILES string of the molecule is CC(=O)Cc1cc(C(C)(C)C)cc(CC(=O)c2cc(OCCN)cc(C(=O)Cc3cc(C(C)(C)C)cc(CC(C)=O)c3SCCN)c2)c1SCCN. The molecule has 8 nitrogen and oxygen atoms in total. The molecule has 3 aromatic rings. The minimum absolute atomic E-state index is 0.0388. The van der Waals surface area contributed by atoms with Gasteiger partial charge >= 0.3 is 0 Å². The fraction of sp³-hybridized carbons (Fsp3) is 0.476. The Hall–Kier alpha value is -3.28. The van der Waals surface area contributed by atoms with E-state index in [1.165, 1.54) is 0 Å². The number of rotatable bonds is 19. The summed E-state index contributed by atoms with van der Waals surface area (Å²) >= 11 is 3.11. The molecule has 3 rings (SSSR count). The highest BCUT2D eigenvalue weighted by Gasteiger charge is 2.25. The maximum Gasteiger partial charge on any atom is 0.167 e. The molecule has 0 heterocycles. The first-order valence-corrected chi connectivity index (χ1v) is 19.9. The lowest BCUT2D eigenvalue weighted by Gasteiger charge is -2.24. The summed E-state index contributed by atoms with van der Waals surface area (Å²) < 4.78 is 5.90. The van der Waals surface area contributed by atoms with Crippen molar-refractivity contribution in [3.8, 4) is 5.75 Å². The third kappa shape index (κ3) is 12.4. The zero-order valence-corrected chi connectivity index (χ0v) is 33.8. The molecule has 0 amide bonds. The topological polar surface area (TPSA) is 156 Å². The van der Waals surface area contributed by atoms with E-state index in [9.17, 15) is 19.2 Å². The van der Waals surface area contributed by atoms with Gasteiger partial charge in [0.05, 0.1) is 0 Å². The molecule has 0 aliphatic carbocycles. The second kappa shape index (κ2) is 19.2. The maximum absolute atomic E-state index is 14.2. The van der Waals surface area contributed by atoms with Crippen LogP contribution < -0.4 is 21.9 Å². The van der Waals surface area contributed by atoms with Crippen molar-refractivity contribution in [1.29, 1.82) is 0 Å². The lowest BCUT2D eigenvalue weighted by atomic mass is 9.83. The van der Waals surface area contributed by atoms with Gasteiger partial charge in [-0.25, -0.2) is 0 Å².